The SMILES string of the molecule is COC(=O)c1ccc2oc(N3CCC(CO)CC3)nc2c1. The van der Waals surface area contributed by atoms with Gasteiger partial charge in [-0.25, -0.2) is 4.79 Å². The lowest BCUT2D eigenvalue weighted by molar-refractivity contribution is 0.0601. The van der Waals surface area contributed by atoms with E-state index in [9.17, 15) is 4.79 Å². The van der Waals surface area contributed by atoms with Crippen LogP contribution in [-0.2, 0) is 4.74 Å². The summed E-state index contributed by atoms with van der Waals surface area (Å²) in [6.45, 7) is 1.88. The van der Waals surface area contributed by atoms with E-state index >= 15 is 0 Å². The van der Waals surface area contributed by atoms with Crippen LogP contribution >= 0.6 is 0 Å². The molecule has 6 heteroatoms. The maximum Gasteiger partial charge on any atom is 0.337 e. The van der Waals surface area contributed by atoms with Gasteiger partial charge in [-0.3, -0.25) is 0 Å². The van der Waals surface area contributed by atoms with E-state index in [0.717, 1.165) is 25.9 Å². The standard InChI is InChI=1S/C15H18N2O4/c1-20-14(19)11-2-3-13-12(8-11)16-15(21-13)17-6-4-10(9-18)5-7-17/h2-3,8,10,18H,4-7,9H2,1H3. The third-order valence-electron chi connectivity index (χ3n) is 3.94. The summed E-state index contributed by atoms with van der Waals surface area (Å²) in [5, 5.41) is 9.17. The lowest BCUT2D eigenvalue weighted by atomic mass is 9.98. The number of benzene rings is 1. The van der Waals surface area contributed by atoms with Crippen molar-refractivity contribution in [2.45, 2.75) is 12.8 Å². The van der Waals surface area contributed by atoms with E-state index in [1.807, 2.05) is 0 Å². The molecule has 0 unspecified atom stereocenters. The van der Waals surface area contributed by atoms with Crippen molar-refractivity contribution in [3.8, 4) is 0 Å². The van der Waals surface area contributed by atoms with Gasteiger partial charge >= 0.3 is 5.97 Å². The molecule has 1 aromatic heterocycles. The van der Waals surface area contributed by atoms with Crippen LogP contribution in [0.2, 0.25) is 0 Å². The number of hydrogen-bond donors (Lipinski definition) is 1. The number of carbonyl (C=O) groups is 1. The normalized spacial score (nSPS) is 16.4. The Morgan fingerprint density at radius 1 is 1.48 bits per heavy atom. The minimum Gasteiger partial charge on any atom is -0.465 e. The monoisotopic (exact) mass is 290 g/mol. The average molecular weight is 290 g/mol. The molecular weight excluding hydrogens is 272 g/mol. The number of anilines is 1. The quantitative estimate of drug-likeness (QED) is 0.869. The highest BCUT2D eigenvalue weighted by Gasteiger charge is 2.22. The van der Waals surface area contributed by atoms with Crippen molar-refractivity contribution in [2.24, 2.45) is 5.92 Å². The van der Waals surface area contributed by atoms with Gasteiger partial charge in [0.1, 0.15) is 5.52 Å². The van der Waals surface area contributed by atoms with Gasteiger partial charge in [0.2, 0.25) is 0 Å². The van der Waals surface area contributed by atoms with Gasteiger partial charge in [-0.1, -0.05) is 0 Å². The van der Waals surface area contributed by atoms with Gasteiger partial charge in [-0.2, -0.15) is 4.98 Å². The van der Waals surface area contributed by atoms with Crippen LogP contribution in [0.4, 0.5) is 6.01 Å². The molecule has 0 atom stereocenters. The van der Waals surface area contributed by atoms with Crippen molar-refractivity contribution in [2.75, 3.05) is 31.7 Å². The second kappa shape index (κ2) is 5.73. The zero-order valence-electron chi connectivity index (χ0n) is 11.9. The molecule has 1 aliphatic rings. The fourth-order valence-electron chi connectivity index (χ4n) is 2.60. The minimum atomic E-state index is -0.384. The number of oxazole rings is 1. The Balaban J connectivity index is 1.83. The second-order valence-electron chi connectivity index (χ2n) is 5.28. The number of esters is 1. The fourth-order valence-corrected chi connectivity index (χ4v) is 2.60. The molecule has 1 fully saturated rings. The van der Waals surface area contributed by atoms with Crippen molar-refractivity contribution >= 4 is 23.1 Å². The molecule has 0 spiro atoms. The van der Waals surface area contributed by atoms with Gasteiger partial charge in [0.15, 0.2) is 5.58 Å². The van der Waals surface area contributed by atoms with Gasteiger partial charge in [0, 0.05) is 19.7 Å². The molecule has 0 bridgehead atoms. The number of carbonyl (C=O) groups excluding carboxylic acids is 1. The van der Waals surface area contributed by atoms with Gasteiger partial charge in [-0.15, -0.1) is 0 Å². The molecule has 0 amide bonds. The molecule has 0 saturated carbocycles. The van der Waals surface area contributed by atoms with Crippen LogP contribution in [0.5, 0.6) is 0 Å². The number of rotatable bonds is 3. The summed E-state index contributed by atoms with van der Waals surface area (Å²) in [4.78, 5) is 18.0. The van der Waals surface area contributed by atoms with Crippen molar-refractivity contribution in [3.63, 3.8) is 0 Å². The summed E-state index contributed by atoms with van der Waals surface area (Å²) in [6.07, 6.45) is 1.87. The largest absolute Gasteiger partial charge is 0.465 e. The summed E-state index contributed by atoms with van der Waals surface area (Å²) < 4.78 is 10.4. The van der Waals surface area contributed by atoms with Crippen molar-refractivity contribution in [1.29, 1.82) is 0 Å². The van der Waals surface area contributed by atoms with E-state index in [0.29, 0.717) is 28.6 Å². The minimum absolute atomic E-state index is 0.240. The van der Waals surface area contributed by atoms with Crippen LogP contribution in [0.3, 0.4) is 0 Å². The third-order valence-corrected chi connectivity index (χ3v) is 3.94. The van der Waals surface area contributed by atoms with E-state index in [2.05, 4.69) is 9.88 Å². The van der Waals surface area contributed by atoms with Gasteiger partial charge in [-0.05, 0) is 37.0 Å². The smallest absolute Gasteiger partial charge is 0.337 e. The molecule has 3 rings (SSSR count). The van der Waals surface area contributed by atoms with E-state index in [1.54, 1.807) is 18.2 Å². The number of aromatic nitrogens is 1. The average Bonchev–Trinajstić information content (AvgIpc) is 2.97. The predicted molar refractivity (Wildman–Crippen MR) is 77.4 cm³/mol. The van der Waals surface area contributed by atoms with Crippen LogP contribution in [0.15, 0.2) is 22.6 Å². The molecular formula is C15H18N2O4. The number of aliphatic hydroxyl groups excluding tert-OH is 1. The third kappa shape index (κ3) is 2.71. The number of ether oxygens (including phenoxy) is 1. The van der Waals surface area contributed by atoms with Gasteiger partial charge < -0.3 is 19.2 Å². The number of hydrogen-bond acceptors (Lipinski definition) is 6. The first kappa shape index (κ1) is 13.9. The van der Waals surface area contributed by atoms with E-state index < -0.39 is 0 Å². The summed E-state index contributed by atoms with van der Waals surface area (Å²) in [5.41, 5.74) is 1.77. The molecule has 1 aromatic carbocycles. The number of aliphatic hydroxyl groups is 1. The maximum atomic E-state index is 11.5. The van der Waals surface area contributed by atoms with Crippen LogP contribution in [0, 0.1) is 5.92 Å². The highest BCUT2D eigenvalue weighted by atomic mass is 16.5. The number of methoxy groups -OCH3 is 1. The van der Waals surface area contributed by atoms with Gasteiger partial charge in [0.25, 0.3) is 6.01 Å². The molecule has 2 aromatic rings. The summed E-state index contributed by atoms with van der Waals surface area (Å²) in [7, 11) is 1.35. The number of fused-ring (bicyclic) bond motifs is 1. The summed E-state index contributed by atoms with van der Waals surface area (Å²) in [5.74, 6) is -0.0123. The van der Waals surface area contributed by atoms with E-state index in [4.69, 9.17) is 14.3 Å². The Labute approximate surface area is 122 Å². The van der Waals surface area contributed by atoms with Crippen LogP contribution in [-0.4, -0.2) is 42.9 Å². The predicted octanol–water partition coefficient (Wildman–Crippen LogP) is 1.82. The molecule has 0 radical (unpaired) electrons. The summed E-state index contributed by atoms with van der Waals surface area (Å²) in [6, 6.07) is 5.65. The maximum absolute atomic E-state index is 11.5. The Hall–Kier alpha value is -2.08. The summed E-state index contributed by atoms with van der Waals surface area (Å²) >= 11 is 0. The van der Waals surface area contributed by atoms with E-state index in [1.165, 1.54) is 7.11 Å². The lowest BCUT2D eigenvalue weighted by Gasteiger charge is -2.29. The van der Waals surface area contributed by atoms with Crippen molar-refractivity contribution in [1.82, 2.24) is 4.98 Å². The molecule has 0 aliphatic carbocycles. The number of nitrogens with zero attached hydrogens (tertiary/aromatic N) is 2. The highest BCUT2D eigenvalue weighted by Crippen LogP contribution is 2.26. The lowest BCUT2D eigenvalue weighted by Crippen LogP contribution is -2.34. The van der Waals surface area contributed by atoms with Crippen molar-refractivity contribution < 1.29 is 19.1 Å². The first-order chi connectivity index (χ1) is 10.2. The van der Waals surface area contributed by atoms with E-state index in [-0.39, 0.29) is 12.6 Å². The Morgan fingerprint density at radius 3 is 2.90 bits per heavy atom. The zero-order valence-corrected chi connectivity index (χ0v) is 11.9. The molecule has 1 N–H and O–H groups in total. The molecule has 21 heavy (non-hydrogen) atoms. The fraction of sp³-hybridized carbons (Fsp3) is 0.467. The molecule has 6 nitrogen and oxygen atoms in total. The molecule has 2 heterocycles. The zero-order chi connectivity index (χ0) is 14.8. The van der Waals surface area contributed by atoms with Crippen LogP contribution in [0.25, 0.3) is 11.1 Å². The molecule has 112 valence electrons. The topological polar surface area (TPSA) is 75.8 Å². The van der Waals surface area contributed by atoms with Crippen molar-refractivity contribution in [3.05, 3.63) is 23.8 Å². The second-order valence-corrected chi connectivity index (χ2v) is 5.28. The molecule has 1 saturated heterocycles. The number of piperidine rings is 1. The van der Waals surface area contributed by atoms with Crippen LogP contribution < -0.4 is 4.90 Å². The van der Waals surface area contributed by atoms with Crippen LogP contribution in [0.1, 0.15) is 23.2 Å². The first-order valence-electron chi connectivity index (χ1n) is 7.06. The Kier molecular flexibility index (Phi) is 3.79. The molecule has 1 aliphatic heterocycles. The Morgan fingerprint density at radius 2 is 2.24 bits per heavy atom. The Bertz CT molecular complexity index is 644. The first-order valence-corrected chi connectivity index (χ1v) is 7.06. The highest BCUT2D eigenvalue weighted by molar-refractivity contribution is 5.93. The van der Waals surface area contributed by atoms with Gasteiger partial charge in [0.05, 0.1) is 12.7 Å².